The number of likely N-dealkylation sites (N-methyl/N-ethyl adjacent to an activating group) is 1. The lowest BCUT2D eigenvalue weighted by atomic mass is 9.88. The van der Waals surface area contributed by atoms with Gasteiger partial charge in [0, 0.05) is 37.2 Å². The summed E-state index contributed by atoms with van der Waals surface area (Å²) in [5, 5.41) is 3.13. The minimum atomic E-state index is -0.619. The third-order valence-corrected chi connectivity index (χ3v) is 4.65. The van der Waals surface area contributed by atoms with E-state index in [-0.39, 0.29) is 17.4 Å². The first-order chi connectivity index (χ1) is 10.8. The topological polar surface area (TPSA) is 41.6 Å². The molecule has 1 aliphatic heterocycles. The van der Waals surface area contributed by atoms with Crippen LogP contribution in [0.3, 0.4) is 0 Å². The van der Waals surface area contributed by atoms with Crippen LogP contribution >= 0.6 is 0 Å². The zero-order chi connectivity index (χ0) is 17.2. The number of carbonyl (C=O) groups is 1. The van der Waals surface area contributed by atoms with Crippen molar-refractivity contribution in [2.24, 2.45) is 5.92 Å². The quantitative estimate of drug-likeness (QED) is 0.842. The number of esters is 1. The van der Waals surface area contributed by atoms with Crippen molar-refractivity contribution >= 4 is 5.97 Å². The molecule has 1 aromatic carbocycles. The van der Waals surface area contributed by atoms with E-state index in [1.807, 2.05) is 7.05 Å². The molecule has 1 aliphatic rings. The standard InChI is InChI=1S/C17H24F2N2O2/c1-17(2,10-20-3)21-8-13(14(9-21)16(22)23-4)12-6-5-11(18)7-15(12)19/h5-7,13-14,20H,8-10H2,1-4H3/t13-,14?/m0/s1. The van der Waals surface area contributed by atoms with Crippen molar-refractivity contribution in [3.63, 3.8) is 0 Å². The summed E-state index contributed by atoms with van der Waals surface area (Å²) in [5.41, 5.74) is 0.177. The first-order valence-corrected chi connectivity index (χ1v) is 7.72. The first-order valence-electron chi connectivity index (χ1n) is 7.72. The highest BCUT2D eigenvalue weighted by atomic mass is 19.1. The Balaban J connectivity index is 2.33. The van der Waals surface area contributed by atoms with E-state index in [9.17, 15) is 13.6 Å². The third-order valence-electron chi connectivity index (χ3n) is 4.65. The maximum Gasteiger partial charge on any atom is 0.310 e. The Morgan fingerprint density at radius 1 is 1.39 bits per heavy atom. The van der Waals surface area contributed by atoms with Crippen LogP contribution in [0.15, 0.2) is 18.2 Å². The van der Waals surface area contributed by atoms with Crippen LogP contribution < -0.4 is 5.32 Å². The molecule has 0 aliphatic carbocycles. The molecule has 0 aromatic heterocycles. The Bertz CT molecular complexity index is 578. The van der Waals surface area contributed by atoms with Crippen LogP contribution in [-0.2, 0) is 9.53 Å². The molecule has 0 bridgehead atoms. The molecule has 0 spiro atoms. The Morgan fingerprint density at radius 2 is 2.09 bits per heavy atom. The van der Waals surface area contributed by atoms with E-state index in [1.165, 1.54) is 19.2 Å². The molecule has 1 aromatic rings. The fraction of sp³-hybridized carbons (Fsp3) is 0.588. The van der Waals surface area contributed by atoms with Crippen molar-refractivity contribution in [3.8, 4) is 0 Å². The number of methoxy groups -OCH3 is 1. The summed E-state index contributed by atoms with van der Waals surface area (Å²) in [4.78, 5) is 14.3. The summed E-state index contributed by atoms with van der Waals surface area (Å²) in [6.45, 7) is 5.89. The van der Waals surface area contributed by atoms with Gasteiger partial charge in [0.05, 0.1) is 13.0 Å². The second kappa shape index (κ2) is 6.93. The molecule has 6 heteroatoms. The van der Waals surface area contributed by atoms with Gasteiger partial charge in [-0.25, -0.2) is 8.78 Å². The van der Waals surface area contributed by atoms with Crippen molar-refractivity contribution in [3.05, 3.63) is 35.4 Å². The van der Waals surface area contributed by atoms with E-state index in [2.05, 4.69) is 24.1 Å². The smallest absolute Gasteiger partial charge is 0.310 e. The van der Waals surface area contributed by atoms with Crippen molar-refractivity contribution in [1.29, 1.82) is 0 Å². The van der Waals surface area contributed by atoms with Gasteiger partial charge in [-0.3, -0.25) is 9.69 Å². The molecule has 0 radical (unpaired) electrons. The number of ether oxygens (including phenoxy) is 1. The molecular weight excluding hydrogens is 302 g/mol. The van der Waals surface area contributed by atoms with E-state index in [0.29, 0.717) is 18.7 Å². The summed E-state index contributed by atoms with van der Waals surface area (Å²) >= 11 is 0. The van der Waals surface area contributed by atoms with E-state index >= 15 is 0 Å². The fourth-order valence-electron chi connectivity index (χ4n) is 3.35. The third kappa shape index (κ3) is 3.70. The van der Waals surface area contributed by atoms with Gasteiger partial charge in [-0.05, 0) is 32.5 Å². The van der Waals surface area contributed by atoms with E-state index in [0.717, 1.165) is 12.6 Å². The minimum Gasteiger partial charge on any atom is -0.469 e. The van der Waals surface area contributed by atoms with E-state index in [4.69, 9.17) is 4.74 Å². The molecule has 1 fully saturated rings. The highest BCUT2D eigenvalue weighted by molar-refractivity contribution is 5.74. The first kappa shape index (κ1) is 17.8. The van der Waals surface area contributed by atoms with Crippen LogP contribution in [-0.4, -0.2) is 50.2 Å². The number of likely N-dealkylation sites (tertiary alicyclic amines) is 1. The van der Waals surface area contributed by atoms with Crippen LogP contribution in [0.1, 0.15) is 25.3 Å². The average Bonchev–Trinajstić information content (AvgIpc) is 2.92. The van der Waals surface area contributed by atoms with Gasteiger partial charge in [0.25, 0.3) is 0 Å². The van der Waals surface area contributed by atoms with Crippen LogP contribution in [0.5, 0.6) is 0 Å². The van der Waals surface area contributed by atoms with E-state index < -0.39 is 17.6 Å². The second-order valence-electron chi connectivity index (χ2n) is 6.65. The monoisotopic (exact) mass is 326 g/mol. The van der Waals surface area contributed by atoms with Crippen LogP contribution in [0.4, 0.5) is 8.78 Å². The van der Waals surface area contributed by atoms with Crippen molar-refractivity contribution in [1.82, 2.24) is 10.2 Å². The SMILES string of the molecule is CNCC(C)(C)N1CC(C(=O)OC)[C@H](c2ccc(F)cc2F)C1. The Kier molecular flexibility index (Phi) is 5.37. The lowest BCUT2D eigenvalue weighted by Crippen LogP contribution is -2.49. The molecule has 0 saturated carbocycles. The maximum atomic E-state index is 14.2. The van der Waals surface area contributed by atoms with Crippen LogP contribution in [0.25, 0.3) is 0 Å². The number of nitrogens with one attached hydrogen (secondary N) is 1. The highest BCUT2D eigenvalue weighted by Gasteiger charge is 2.44. The molecule has 1 saturated heterocycles. The number of benzene rings is 1. The minimum absolute atomic E-state index is 0.188. The zero-order valence-electron chi connectivity index (χ0n) is 14.0. The summed E-state index contributed by atoms with van der Waals surface area (Å²) in [6, 6.07) is 3.53. The Morgan fingerprint density at radius 3 is 2.65 bits per heavy atom. The van der Waals surface area contributed by atoms with Gasteiger partial charge in [-0.1, -0.05) is 6.07 Å². The van der Waals surface area contributed by atoms with Crippen molar-refractivity contribution < 1.29 is 18.3 Å². The molecular formula is C17H24F2N2O2. The van der Waals surface area contributed by atoms with Gasteiger partial charge in [0.2, 0.25) is 0 Å². The summed E-state index contributed by atoms with van der Waals surface area (Å²) in [5.74, 6) is -2.40. The van der Waals surface area contributed by atoms with Gasteiger partial charge in [-0.2, -0.15) is 0 Å². The normalized spacial score (nSPS) is 22.3. The lowest BCUT2D eigenvalue weighted by molar-refractivity contribution is -0.145. The average molecular weight is 326 g/mol. The van der Waals surface area contributed by atoms with Crippen LogP contribution in [0, 0.1) is 17.6 Å². The Labute approximate surface area is 135 Å². The van der Waals surface area contributed by atoms with Gasteiger partial charge >= 0.3 is 5.97 Å². The number of rotatable bonds is 5. The molecule has 4 nitrogen and oxygen atoms in total. The molecule has 2 rings (SSSR count). The van der Waals surface area contributed by atoms with Gasteiger partial charge in [0.1, 0.15) is 11.6 Å². The van der Waals surface area contributed by atoms with Crippen LogP contribution in [0.2, 0.25) is 0 Å². The van der Waals surface area contributed by atoms with Crippen molar-refractivity contribution in [2.45, 2.75) is 25.3 Å². The zero-order valence-corrected chi connectivity index (χ0v) is 14.0. The lowest BCUT2D eigenvalue weighted by Gasteiger charge is -2.35. The molecule has 0 amide bonds. The number of hydrogen-bond donors (Lipinski definition) is 1. The van der Waals surface area contributed by atoms with Gasteiger partial charge < -0.3 is 10.1 Å². The molecule has 128 valence electrons. The Hall–Kier alpha value is -1.53. The fourth-order valence-corrected chi connectivity index (χ4v) is 3.35. The molecule has 2 atom stereocenters. The maximum absolute atomic E-state index is 14.2. The predicted molar refractivity (Wildman–Crippen MR) is 84.2 cm³/mol. The molecule has 23 heavy (non-hydrogen) atoms. The van der Waals surface area contributed by atoms with E-state index in [1.54, 1.807) is 0 Å². The van der Waals surface area contributed by atoms with Crippen molar-refractivity contribution in [2.75, 3.05) is 33.8 Å². The molecule has 1 heterocycles. The largest absolute Gasteiger partial charge is 0.469 e. The highest BCUT2D eigenvalue weighted by Crippen LogP contribution is 2.38. The summed E-state index contributed by atoms with van der Waals surface area (Å²) < 4.78 is 32.3. The number of halogens is 2. The molecule has 1 N–H and O–H groups in total. The number of nitrogens with zero attached hydrogens (tertiary/aromatic N) is 1. The summed E-state index contributed by atoms with van der Waals surface area (Å²) in [7, 11) is 3.20. The number of carbonyl (C=O) groups excluding carboxylic acids is 1. The number of hydrogen-bond acceptors (Lipinski definition) is 4. The van der Waals surface area contributed by atoms with Gasteiger partial charge in [0.15, 0.2) is 0 Å². The van der Waals surface area contributed by atoms with Gasteiger partial charge in [-0.15, -0.1) is 0 Å². The predicted octanol–water partition coefficient (Wildman–Crippen LogP) is 2.15. The second-order valence-corrected chi connectivity index (χ2v) is 6.65. The summed E-state index contributed by atoms with van der Waals surface area (Å²) in [6.07, 6.45) is 0. The molecule has 1 unspecified atom stereocenters.